The molecule has 0 radical (unpaired) electrons. The van der Waals surface area contributed by atoms with Gasteiger partial charge in [0.25, 0.3) is 11.7 Å². The Morgan fingerprint density at radius 1 is 0.983 bits per heavy atom. The average Bonchev–Trinajstić information content (AvgIpc) is 3.20. The molecule has 1 aliphatic carbocycles. The third kappa shape index (κ3) is 12.4. The molecule has 3 fully saturated rings. The van der Waals surface area contributed by atoms with E-state index in [2.05, 4.69) is 6.92 Å². The average molecular weight is 830 g/mol. The fourth-order valence-corrected chi connectivity index (χ4v) is 9.26. The number of ketones is 2. The van der Waals surface area contributed by atoms with Crippen LogP contribution in [0.15, 0.2) is 35.5 Å². The standard InChI is InChI=1S/C45H67NO13/c1-9-32-21-26(2)20-27(3)22-36(55-7)41-37(56-8)24-30(6)45(54,59-41)42(51)43(52)46-19-11-10-12-34(46)44(53)58-40(28(4)13-18-35(32)47)29(5)23-31-14-16-33(17-15-31)57-39(50)25-38(48)49/h13,18,21,23,27-28,30-34,36-37,40-41,54H,9-12,14-17,19-20,22,24-25H2,1-8H3,(H,48,49)/b18-13+,26-21+,29-23+/t27-,28+,30+,31-,32+,33-,34-,36-,37-,40-,41+,45+/m0/s1. The van der Waals surface area contributed by atoms with Crippen LogP contribution in [0.5, 0.6) is 0 Å². The van der Waals surface area contributed by atoms with Gasteiger partial charge in [-0.25, -0.2) is 4.79 Å². The minimum Gasteiger partial charge on any atom is -0.481 e. The summed E-state index contributed by atoms with van der Waals surface area (Å²) in [4.78, 5) is 80.5. The fourth-order valence-electron chi connectivity index (χ4n) is 9.26. The second-order valence-electron chi connectivity index (χ2n) is 17.4. The Balaban J connectivity index is 1.70. The van der Waals surface area contributed by atoms with E-state index >= 15 is 0 Å². The van der Waals surface area contributed by atoms with Crippen LogP contribution < -0.4 is 0 Å². The summed E-state index contributed by atoms with van der Waals surface area (Å²) in [7, 11) is 3.06. The topological polar surface area (TPSA) is 192 Å². The number of carbonyl (C=O) groups excluding carboxylic acids is 5. The molecule has 0 aromatic rings. The molecule has 59 heavy (non-hydrogen) atoms. The van der Waals surface area contributed by atoms with Crippen molar-refractivity contribution >= 4 is 35.4 Å². The SMILES string of the molecule is CC[C@@H]1/C=C(\C)C[C@H](C)C[C@H](OC)[C@H]2O[C@@](O)(C(=O)C(=O)N3CCCC[C@H]3C(=O)O[C@H](/C(C)=C/[C@H]3CC[C@H](OC(=O)CC(=O)O)CC3)[C@H](C)/C=C/C1=O)[C@H](C)C[C@@H]2OC. The number of cyclic esters (lactones) is 1. The Bertz CT molecular complexity index is 1610. The van der Waals surface area contributed by atoms with Crippen LogP contribution >= 0.6 is 0 Å². The number of aliphatic carboxylic acids is 1. The van der Waals surface area contributed by atoms with E-state index in [1.807, 2.05) is 39.8 Å². The van der Waals surface area contributed by atoms with Crippen LogP contribution in [-0.4, -0.2) is 114 Å². The number of carboxylic acids is 1. The first-order chi connectivity index (χ1) is 27.9. The molecule has 2 bridgehead atoms. The first kappa shape index (κ1) is 48.0. The summed E-state index contributed by atoms with van der Waals surface area (Å²) in [5, 5.41) is 20.9. The molecule has 14 nitrogen and oxygen atoms in total. The van der Waals surface area contributed by atoms with Gasteiger partial charge in [0.2, 0.25) is 5.79 Å². The highest BCUT2D eigenvalue weighted by molar-refractivity contribution is 6.39. The predicted molar refractivity (Wildman–Crippen MR) is 217 cm³/mol. The Kier molecular flexibility index (Phi) is 17.6. The van der Waals surface area contributed by atoms with Crippen LogP contribution in [0.2, 0.25) is 0 Å². The Hall–Kier alpha value is -3.72. The van der Waals surface area contributed by atoms with Gasteiger partial charge in [-0.05, 0) is 108 Å². The molecule has 0 unspecified atom stereocenters. The van der Waals surface area contributed by atoms with E-state index in [1.165, 1.54) is 19.1 Å². The van der Waals surface area contributed by atoms with Crippen LogP contribution in [0.25, 0.3) is 0 Å². The third-order valence-corrected chi connectivity index (χ3v) is 12.6. The Morgan fingerprint density at radius 3 is 2.27 bits per heavy atom. The summed E-state index contributed by atoms with van der Waals surface area (Å²) < 4.78 is 29.6. The number of esters is 2. The number of allylic oxidation sites excluding steroid dienone is 4. The number of hydrogen-bond donors (Lipinski definition) is 2. The highest BCUT2D eigenvalue weighted by atomic mass is 16.7. The van der Waals surface area contributed by atoms with Gasteiger partial charge >= 0.3 is 17.9 Å². The van der Waals surface area contributed by atoms with E-state index in [-0.39, 0.29) is 49.0 Å². The quantitative estimate of drug-likeness (QED) is 0.132. The molecule has 4 rings (SSSR count). The minimum atomic E-state index is -2.50. The highest BCUT2D eigenvalue weighted by Crippen LogP contribution is 2.39. The largest absolute Gasteiger partial charge is 0.481 e. The molecule has 1 saturated carbocycles. The molecule has 0 spiro atoms. The lowest BCUT2D eigenvalue weighted by atomic mass is 9.82. The van der Waals surface area contributed by atoms with E-state index in [4.69, 9.17) is 28.8 Å². The van der Waals surface area contributed by atoms with Gasteiger partial charge in [0, 0.05) is 38.5 Å². The molecule has 330 valence electrons. The number of Topliss-reactive ketones (excluding diaryl/α,β-unsaturated/α-hetero) is 1. The molecule has 2 saturated heterocycles. The van der Waals surface area contributed by atoms with E-state index in [0.29, 0.717) is 57.8 Å². The van der Waals surface area contributed by atoms with Crippen molar-refractivity contribution in [3.63, 3.8) is 0 Å². The van der Waals surface area contributed by atoms with E-state index in [1.54, 1.807) is 19.1 Å². The zero-order chi connectivity index (χ0) is 43.6. The first-order valence-electron chi connectivity index (χ1n) is 21.4. The number of ether oxygens (including phenoxy) is 5. The summed E-state index contributed by atoms with van der Waals surface area (Å²) in [5.74, 6) is -9.04. The van der Waals surface area contributed by atoms with Crippen LogP contribution in [0.3, 0.4) is 0 Å². The summed E-state index contributed by atoms with van der Waals surface area (Å²) >= 11 is 0. The lowest BCUT2D eigenvalue weighted by Crippen LogP contribution is -2.64. The van der Waals surface area contributed by atoms with Gasteiger partial charge < -0.3 is 38.8 Å². The summed E-state index contributed by atoms with van der Waals surface area (Å²) in [6.07, 6.45) is 9.11. The molecule has 3 aliphatic heterocycles. The van der Waals surface area contributed by atoms with Crippen molar-refractivity contribution in [3.8, 4) is 0 Å². The molecule has 0 aromatic heterocycles. The first-order valence-corrected chi connectivity index (χ1v) is 21.4. The van der Waals surface area contributed by atoms with Crippen molar-refractivity contribution < 1.29 is 62.7 Å². The number of fused-ring (bicyclic) bond motifs is 3. The van der Waals surface area contributed by atoms with Crippen LogP contribution in [0.1, 0.15) is 119 Å². The predicted octanol–water partition coefficient (Wildman–Crippen LogP) is 5.68. The van der Waals surface area contributed by atoms with E-state index in [9.17, 15) is 33.9 Å². The van der Waals surface area contributed by atoms with Gasteiger partial charge in [-0.2, -0.15) is 0 Å². The Morgan fingerprint density at radius 2 is 1.64 bits per heavy atom. The number of rotatable bonds is 8. The number of amides is 1. The number of nitrogens with zero attached hydrogens (tertiary/aromatic N) is 1. The van der Waals surface area contributed by atoms with E-state index < -0.39 is 84.1 Å². The lowest BCUT2D eigenvalue weighted by Gasteiger charge is -2.47. The summed E-state index contributed by atoms with van der Waals surface area (Å²) in [6, 6.07) is -1.10. The maximum absolute atomic E-state index is 14.3. The van der Waals surface area contributed by atoms with Gasteiger partial charge in [0.05, 0.1) is 12.2 Å². The number of aliphatic hydroxyl groups is 1. The fraction of sp³-hybridized carbons (Fsp3) is 0.733. The van der Waals surface area contributed by atoms with Crippen molar-refractivity contribution in [1.82, 2.24) is 4.90 Å². The minimum absolute atomic E-state index is 0.0499. The molecule has 2 N–H and O–H groups in total. The zero-order valence-corrected chi connectivity index (χ0v) is 36.2. The summed E-state index contributed by atoms with van der Waals surface area (Å²) in [6.45, 7) is 11.5. The zero-order valence-electron chi connectivity index (χ0n) is 36.2. The molecule has 3 heterocycles. The molecule has 0 aromatic carbocycles. The number of carbonyl (C=O) groups is 6. The summed E-state index contributed by atoms with van der Waals surface area (Å²) in [5.41, 5.74) is 1.76. The van der Waals surface area contributed by atoms with Crippen molar-refractivity contribution in [2.24, 2.45) is 29.6 Å². The second kappa shape index (κ2) is 21.7. The van der Waals surface area contributed by atoms with Crippen molar-refractivity contribution in [2.45, 2.75) is 161 Å². The normalized spacial score (nSPS) is 37.6. The Labute approximate surface area is 349 Å². The number of hydrogen-bond acceptors (Lipinski definition) is 12. The lowest BCUT2D eigenvalue weighted by molar-refractivity contribution is -0.302. The van der Waals surface area contributed by atoms with Gasteiger partial charge in [-0.3, -0.25) is 24.0 Å². The maximum Gasteiger partial charge on any atom is 0.329 e. The number of carboxylic acid groups (broad SMARTS) is 1. The van der Waals surface area contributed by atoms with Gasteiger partial charge in [0.15, 0.2) is 5.78 Å². The highest BCUT2D eigenvalue weighted by Gasteiger charge is 2.56. The molecular weight excluding hydrogens is 762 g/mol. The van der Waals surface area contributed by atoms with Crippen LogP contribution in [-0.2, 0) is 52.5 Å². The van der Waals surface area contributed by atoms with Crippen molar-refractivity contribution in [2.75, 3.05) is 20.8 Å². The van der Waals surface area contributed by atoms with Crippen LogP contribution in [0.4, 0.5) is 0 Å². The van der Waals surface area contributed by atoms with Gasteiger partial charge in [0.1, 0.15) is 30.8 Å². The molecule has 1 amide bonds. The third-order valence-electron chi connectivity index (χ3n) is 12.6. The van der Waals surface area contributed by atoms with Crippen molar-refractivity contribution in [1.29, 1.82) is 0 Å². The van der Waals surface area contributed by atoms with Crippen LogP contribution in [0, 0.1) is 29.6 Å². The number of piperidine rings is 1. The molecule has 4 aliphatic rings. The van der Waals surface area contributed by atoms with Gasteiger partial charge in [-0.15, -0.1) is 0 Å². The smallest absolute Gasteiger partial charge is 0.329 e. The van der Waals surface area contributed by atoms with E-state index in [0.717, 1.165) is 11.1 Å². The molecular formula is C45H67NO13. The number of methoxy groups -OCH3 is 2. The van der Waals surface area contributed by atoms with Gasteiger partial charge in [-0.1, -0.05) is 51.5 Å². The van der Waals surface area contributed by atoms with Crippen molar-refractivity contribution in [3.05, 3.63) is 35.5 Å². The molecule has 10 atom stereocenters. The maximum atomic E-state index is 14.3. The molecule has 14 heteroatoms. The monoisotopic (exact) mass is 829 g/mol. The second-order valence-corrected chi connectivity index (χ2v) is 17.4.